The van der Waals surface area contributed by atoms with Crippen molar-refractivity contribution in [3.63, 3.8) is 0 Å². The van der Waals surface area contributed by atoms with E-state index in [1.807, 2.05) is 22.7 Å². The normalized spacial score (nSPS) is 12.8. The molecule has 1 aliphatic rings. The molecule has 10 aromatic carbocycles. The number of thiophene rings is 2. The van der Waals surface area contributed by atoms with Crippen molar-refractivity contribution < 1.29 is 0 Å². The zero-order valence-electron chi connectivity index (χ0n) is 34.8. The lowest BCUT2D eigenvalue weighted by atomic mass is 9.67. The maximum atomic E-state index is 2.43. The van der Waals surface area contributed by atoms with E-state index in [2.05, 4.69) is 241 Å². The average Bonchev–Trinajstić information content (AvgIpc) is 4.03. The SMILES string of the molecule is c1ccc(C2(c3cccc(N(c4ccc(-c5ccc6sc7ccccc7c6c5)cc4)c4ccc(-c5cccc6c5sc5ccccc56)cc4)c3)c3ccccc3-c3ccccc32)cc1. The quantitative estimate of drug-likeness (QED) is 0.154. The van der Waals surface area contributed by atoms with Crippen molar-refractivity contribution in [2.24, 2.45) is 0 Å². The second-order valence-electron chi connectivity index (χ2n) is 16.8. The number of hydrogen-bond acceptors (Lipinski definition) is 3. The zero-order chi connectivity index (χ0) is 42.2. The number of anilines is 3. The van der Waals surface area contributed by atoms with Crippen molar-refractivity contribution in [2.45, 2.75) is 5.41 Å². The third kappa shape index (κ3) is 5.68. The molecule has 0 aliphatic heterocycles. The molecule has 0 spiro atoms. The molecular weight excluding hydrogens is 811 g/mol. The van der Waals surface area contributed by atoms with E-state index in [0.717, 1.165) is 17.1 Å². The molecule has 1 aliphatic carbocycles. The highest BCUT2D eigenvalue weighted by Crippen LogP contribution is 2.56. The molecule has 3 heteroatoms. The highest BCUT2D eigenvalue weighted by molar-refractivity contribution is 7.26. The number of fused-ring (bicyclic) bond motifs is 9. The Bertz CT molecular complexity index is 3680. The van der Waals surface area contributed by atoms with Crippen LogP contribution < -0.4 is 4.90 Å². The molecule has 300 valence electrons. The van der Waals surface area contributed by atoms with E-state index in [9.17, 15) is 0 Å². The monoisotopic (exact) mass is 849 g/mol. The molecule has 13 rings (SSSR count). The summed E-state index contributed by atoms with van der Waals surface area (Å²) in [7, 11) is 0. The van der Waals surface area contributed by atoms with Gasteiger partial charge in [-0.1, -0.05) is 176 Å². The summed E-state index contributed by atoms with van der Waals surface area (Å²) in [5.41, 5.74) is 15.4. The lowest BCUT2D eigenvalue weighted by Crippen LogP contribution is -2.28. The van der Waals surface area contributed by atoms with Crippen LogP contribution in [0.3, 0.4) is 0 Å². The molecule has 0 bridgehead atoms. The minimum Gasteiger partial charge on any atom is -0.310 e. The van der Waals surface area contributed by atoms with Gasteiger partial charge >= 0.3 is 0 Å². The Balaban J connectivity index is 0.973. The summed E-state index contributed by atoms with van der Waals surface area (Å²) in [6.45, 7) is 0. The predicted molar refractivity (Wildman–Crippen MR) is 275 cm³/mol. The summed E-state index contributed by atoms with van der Waals surface area (Å²) in [6.07, 6.45) is 0. The van der Waals surface area contributed by atoms with Crippen molar-refractivity contribution in [3.05, 3.63) is 259 Å². The molecule has 0 atom stereocenters. The molecule has 0 N–H and O–H groups in total. The Morgan fingerprint density at radius 3 is 1.53 bits per heavy atom. The van der Waals surface area contributed by atoms with Crippen LogP contribution in [-0.2, 0) is 5.41 Å². The molecule has 64 heavy (non-hydrogen) atoms. The maximum absolute atomic E-state index is 2.43. The van der Waals surface area contributed by atoms with Crippen molar-refractivity contribution in [1.82, 2.24) is 0 Å². The highest BCUT2D eigenvalue weighted by atomic mass is 32.1. The second kappa shape index (κ2) is 14.8. The van der Waals surface area contributed by atoms with Crippen LogP contribution in [0.1, 0.15) is 22.3 Å². The Hall–Kier alpha value is -7.56. The molecule has 2 heterocycles. The van der Waals surface area contributed by atoms with Crippen molar-refractivity contribution in [1.29, 1.82) is 0 Å². The molecule has 2 aromatic heterocycles. The van der Waals surface area contributed by atoms with Gasteiger partial charge in [-0.2, -0.15) is 0 Å². The molecule has 0 radical (unpaired) electrons. The Morgan fingerprint density at radius 2 is 0.812 bits per heavy atom. The molecule has 1 nitrogen and oxygen atoms in total. The van der Waals surface area contributed by atoms with Gasteiger partial charge in [0, 0.05) is 57.4 Å². The molecule has 0 saturated heterocycles. The van der Waals surface area contributed by atoms with Gasteiger partial charge in [0.2, 0.25) is 0 Å². The van der Waals surface area contributed by atoms with Crippen LogP contribution in [0.2, 0.25) is 0 Å². The topological polar surface area (TPSA) is 3.24 Å². The Kier molecular flexibility index (Phi) is 8.55. The van der Waals surface area contributed by atoms with Crippen molar-refractivity contribution >= 4 is 80.1 Å². The van der Waals surface area contributed by atoms with Crippen LogP contribution >= 0.6 is 22.7 Å². The van der Waals surface area contributed by atoms with E-state index in [1.54, 1.807) is 0 Å². The van der Waals surface area contributed by atoms with E-state index in [1.165, 1.54) is 96.0 Å². The number of rotatable bonds is 7. The van der Waals surface area contributed by atoms with Gasteiger partial charge in [-0.05, 0) is 116 Å². The lowest BCUT2D eigenvalue weighted by molar-refractivity contribution is 0.768. The van der Waals surface area contributed by atoms with Crippen LogP contribution in [0.15, 0.2) is 237 Å². The first-order chi connectivity index (χ1) is 31.7. The van der Waals surface area contributed by atoms with Gasteiger partial charge in [0.15, 0.2) is 0 Å². The van der Waals surface area contributed by atoms with Crippen LogP contribution in [0.4, 0.5) is 17.1 Å². The van der Waals surface area contributed by atoms with Crippen molar-refractivity contribution in [2.75, 3.05) is 4.90 Å². The number of hydrogen-bond donors (Lipinski definition) is 0. The summed E-state index contributed by atoms with van der Waals surface area (Å²) < 4.78 is 5.29. The second-order valence-corrected chi connectivity index (χ2v) is 18.9. The Morgan fingerprint density at radius 1 is 0.297 bits per heavy atom. The third-order valence-corrected chi connectivity index (χ3v) is 15.7. The largest absolute Gasteiger partial charge is 0.310 e. The number of benzene rings is 10. The Labute approximate surface area is 380 Å². The fraction of sp³-hybridized carbons (Fsp3) is 0.0164. The van der Waals surface area contributed by atoms with E-state index in [0.29, 0.717) is 0 Å². The molecule has 0 fully saturated rings. The summed E-state index contributed by atoms with van der Waals surface area (Å²) in [4.78, 5) is 2.43. The highest BCUT2D eigenvalue weighted by Gasteiger charge is 2.46. The van der Waals surface area contributed by atoms with E-state index >= 15 is 0 Å². The van der Waals surface area contributed by atoms with Gasteiger partial charge in [-0.15, -0.1) is 22.7 Å². The number of nitrogens with zero attached hydrogens (tertiary/aromatic N) is 1. The molecular formula is C61H39NS2. The molecule has 12 aromatic rings. The first-order valence-corrected chi connectivity index (χ1v) is 23.5. The fourth-order valence-electron chi connectivity index (χ4n) is 10.5. The zero-order valence-corrected chi connectivity index (χ0v) is 36.4. The van der Waals surface area contributed by atoms with Gasteiger partial charge in [0.1, 0.15) is 0 Å². The average molecular weight is 850 g/mol. The smallest absolute Gasteiger partial charge is 0.0714 e. The van der Waals surface area contributed by atoms with Crippen LogP contribution in [0, 0.1) is 0 Å². The third-order valence-electron chi connectivity index (χ3n) is 13.4. The van der Waals surface area contributed by atoms with E-state index < -0.39 is 5.41 Å². The first-order valence-electron chi connectivity index (χ1n) is 21.9. The van der Waals surface area contributed by atoms with Crippen LogP contribution in [0.5, 0.6) is 0 Å². The summed E-state index contributed by atoms with van der Waals surface area (Å²) in [6, 6.07) is 87.8. The molecule has 0 unspecified atom stereocenters. The van der Waals surface area contributed by atoms with Gasteiger partial charge in [-0.3, -0.25) is 0 Å². The summed E-state index contributed by atoms with van der Waals surface area (Å²) >= 11 is 3.74. The first kappa shape index (κ1) is 37.0. The van der Waals surface area contributed by atoms with Gasteiger partial charge < -0.3 is 4.90 Å². The van der Waals surface area contributed by atoms with Gasteiger partial charge in [-0.25, -0.2) is 0 Å². The minimum atomic E-state index is -0.503. The summed E-state index contributed by atoms with van der Waals surface area (Å²) in [5, 5.41) is 5.27. The summed E-state index contributed by atoms with van der Waals surface area (Å²) in [5.74, 6) is 0. The standard InChI is InChI=1S/C61H39NS2/c1-2-14-43(15-3-1)61(55-24-8-4-18-49(55)50-19-5-9-25-56(50)61)44-16-12-17-47(39-44)62(45-33-28-40(29-34-45)42-32-37-59-54(38-42)52-21-7-10-26-57(52)63-59)46-35-30-41(31-36-46)48-22-13-23-53-51-20-6-11-27-58(51)64-60(48)53/h1-39H. The van der Waals surface area contributed by atoms with Gasteiger partial charge in [0.25, 0.3) is 0 Å². The minimum absolute atomic E-state index is 0.503. The fourth-order valence-corrected chi connectivity index (χ4v) is 12.8. The van der Waals surface area contributed by atoms with Crippen LogP contribution in [0.25, 0.3) is 73.7 Å². The predicted octanol–water partition coefficient (Wildman–Crippen LogP) is 17.6. The van der Waals surface area contributed by atoms with E-state index in [4.69, 9.17) is 0 Å². The van der Waals surface area contributed by atoms with Crippen LogP contribution in [-0.4, -0.2) is 0 Å². The molecule has 0 amide bonds. The van der Waals surface area contributed by atoms with Gasteiger partial charge in [0.05, 0.1) is 5.41 Å². The molecule has 0 saturated carbocycles. The van der Waals surface area contributed by atoms with Crippen molar-refractivity contribution in [3.8, 4) is 33.4 Å². The lowest BCUT2D eigenvalue weighted by Gasteiger charge is -2.35. The maximum Gasteiger partial charge on any atom is 0.0714 e. The van der Waals surface area contributed by atoms with E-state index in [-0.39, 0.29) is 0 Å².